The lowest BCUT2D eigenvalue weighted by molar-refractivity contribution is -0.141. The third kappa shape index (κ3) is 3.39. The summed E-state index contributed by atoms with van der Waals surface area (Å²) in [6, 6.07) is 4.74. The molecule has 23 heavy (non-hydrogen) atoms. The number of hydrogen-bond donors (Lipinski definition) is 2. The van der Waals surface area contributed by atoms with E-state index in [1.807, 2.05) is 0 Å². The minimum atomic E-state index is -0.636. The fourth-order valence-corrected chi connectivity index (χ4v) is 2.32. The molecule has 8 nitrogen and oxygen atoms in total. The van der Waals surface area contributed by atoms with Crippen LogP contribution in [0.4, 0.5) is 0 Å². The van der Waals surface area contributed by atoms with Gasteiger partial charge in [-0.05, 0) is 34.1 Å². The van der Waals surface area contributed by atoms with Gasteiger partial charge < -0.3 is 4.74 Å². The molecule has 0 bridgehead atoms. The number of hydrazine groups is 1. The summed E-state index contributed by atoms with van der Waals surface area (Å²) in [5, 5.41) is 0. The van der Waals surface area contributed by atoms with Crippen molar-refractivity contribution < 1.29 is 14.3 Å². The van der Waals surface area contributed by atoms with E-state index in [9.17, 15) is 14.4 Å². The molecule has 3 heterocycles. The van der Waals surface area contributed by atoms with Crippen LogP contribution in [-0.4, -0.2) is 21.3 Å². The van der Waals surface area contributed by atoms with Crippen LogP contribution in [0.25, 0.3) is 5.65 Å². The van der Waals surface area contributed by atoms with Crippen LogP contribution in [0.15, 0.2) is 45.4 Å². The molecule has 1 aliphatic heterocycles. The van der Waals surface area contributed by atoms with Crippen molar-refractivity contribution in [2.75, 3.05) is 0 Å². The summed E-state index contributed by atoms with van der Waals surface area (Å²) in [5.74, 6) is -0.875. The summed E-state index contributed by atoms with van der Waals surface area (Å²) in [7, 11) is 0. The first kappa shape index (κ1) is 15.2. The minimum Gasteiger partial charge on any atom is -0.454 e. The number of carbonyl (C=O) groups is 2. The van der Waals surface area contributed by atoms with Crippen LogP contribution in [0.2, 0.25) is 0 Å². The summed E-state index contributed by atoms with van der Waals surface area (Å²) in [4.78, 5) is 39.1. The number of halogens is 1. The molecule has 0 spiro atoms. The summed E-state index contributed by atoms with van der Waals surface area (Å²) >= 11 is 3.28. The third-order valence-corrected chi connectivity index (χ3v) is 3.54. The SMILES string of the molecule is O=C1CC=C(C(=O)OCc2cc(=O)n3cc(Br)ccc3n2)NN1. The summed E-state index contributed by atoms with van der Waals surface area (Å²) in [6.07, 6.45) is 3.14. The van der Waals surface area contributed by atoms with Crippen LogP contribution in [-0.2, 0) is 20.9 Å². The Bertz CT molecular complexity index is 890. The van der Waals surface area contributed by atoms with Crippen molar-refractivity contribution in [1.29, 1.82) is 0 Å². The van der Waals surface area contributed by atoms with Gasteiger partial charge in [0.1, 0.15) is 18.0 Å². The highest BCUT2D eigenvalue weighted by atomic mass is 79.9. The highest BCUT2D eigenvalue weighted by Crippen LogP contribution is 2.10. The van der Waals surface area contributed by atoms with Gasteiger partial charge in [-0.3, -0.25) is 24.8 Å². The van der Waals surface area contributed by atoms with Crippen LogP contribution >= 0.6 is 15.9 Å². The van der Waals surface area contributed by atoms with Crippen molar-refractivity contribution in [3.8, 4) is 0 Å². The van der Waals surface area contributed by atoms with Gasteiger partial charge in [-0.1, -0.05) is 0 Å². The summed E-state index contributed by atoms with van der Waals surface area (Å²) in [6.45, 7) is -0.145. The Morgan fingerprint density at radius 3 is 2.91 bits per heavy atom. The first-order valence-electron chi connectivity index (χ1n) is 6.63. The first-order valence-corrected chi connectivity index (χ1v) is 7.42. The normalized spacial score (nSPS) is 14.0. The van der Waals surface area contributed by atoms with Gasteiger partial charge in [0.2, 0.25) is 5.91 Å². The molecule has 2 N–H and O–H groups in total. The van der Waals surface area contributed by atoms with Crippen molar-refractivity contribution in [2.24, 2.45) is 0 Å². The molecular weight excluding hydrogens is 368 g/mol. The molecule has 0 saturated carbocycles. The molecule has 0 aliphatic carbocycles. The Kier molecular flexibility index (Phi) is 4.11. The van der Waals surface area contributed by atoms with Crippen molar-refractivity contribution in [1.82, 2.24) is 20.2 Å². The zero-order valence-electron chi connectivity index (χ0n) is 11.7. The van der Waals surface area contributed by atoms with Gasteiger partial charge in [-0.2, -0.15) is 0 Å². The van der Waals surface area contributed by atoms with E-state index in [2.05, 4.69) is 31.8 Å². The fourth-order valence-electron chi connectivity index (χ4n) is 1.99. The van der Waals surface area contributed by atoms with Crippen LogP contribution in [0.1, 0.15) is 12.1 Å². The molecule has 9 heteroatoms. The number of nitrogens with one attached hydrogen (secondary N) is 2. The smallest absolute Gasteiger partial charge is 0.356 e. The van der Waals surface area contributed by atoms with Crippen molar-refractivity contribution in [2.45, 2.75) is 13.0 Å². The van der Waals surface area contributed by atoms with Gasteiger partial charge in [0.05, 0.1) is 5.69 Å². The molecule has 1 amide bonds. The third-order valence-electron chi connectivity index (χ3n) is 3.08. The van der Waals surface area contributed by atoms with E-state index in [1.54, 1.807) is 18.3 Å². The van der Waals surface area contributed by atoms with E-state index < -0.39 is 5.97 Å². The number of esters is 1. The minimum absolute atomic E-state index is 0.0991. The van der Waals surface area contributed by atoms with Gasteiger partial charge in [0.25, 0.3) is 5.56 Å². The van der Waals surface area contributed by atoms with Crippen molar-refractivity contribution in [3.05, 3.63) is 56.7 Å². The van der Waals surface area contributed by atoms with Crippen LogP contribution in [0.5, 0.6) is 0 Å². The zero-order chi connectivity index (χ0) is 16.4. The van der Waals surface area contributed by atoms with Gasteiger partial charge >= 0.3 is 5.97 Å². The van der Waals surface area contributed by atoms with Gasteiger partial charge in [-0.15, -0.1) is 0 Å². The molecule has 0 atom stereocenters. The molecule has 118 valence electrons. The second-order valence-corrected chi connectivity index (χ2v) is 5.65. The van der Waals surface area contributed by atoms with Gasteiger partial charge in [-0.25, -0.2) is 9.78 Å². The Hall–Kier alpha value is -2.68. The number of fused-ring (bicyclic) bond motifs is 1. The number of carbonyl (C=O) groups excluding carboxylic acids is 2. The quantitative estimate of drug-likeness (QED) is 0.750. The average Bonchev–Trinajstić information content (AvgIpc) is 2.54. The summed E-state index contributed by atoms with van der Waals surface area (Å²) in [5.41, 5.74) is 5.43. The predicted octanol–water partition coefficient (Wildman–Crippen LogP) is 0.409. The Morgan fingerprint density at radius 1 is 1.35 bits per heavy atom. The van der Waals surface area contributed by atoms with Gasteiger partial charge in [0, 0.05) is 23.2 Å². The van der Waals surface area contributed by atoms with Crippen molar-refractivity contribution >= 4 is 33.5 Å². The number of pyridine rings is 1. The maximum absolute atomic E-state index is 12.0. The monoisotopic (exact) mass is 378 g/mol. The number of rotatable bonds is 3. The molecule has 1 aliphatic rings. The highest BCUT2D eigenvalue weighted by molar-refractivity contribution is 9.10. The van der Waals surface area contributed by atoms with E-state index in [4.69, 9.17) is 4.74 Å². The predicted molar refractivity (Wildman–Crippen MR) is 82.9 cm³/mol. The Labute approximate surface area is 138 Å². The molecule has 2 aromatic rings. The number of hydrogen-bond acceptors (Lipinski definition) is 6. The number of aromatic nitrogens is 2. The van der Waals surface area contributed by atoms with E-state index >= 15 is 0 Å². The molecule has 0 fully saturated rings. The maximum atomic E-state index is 12.0. The van der Waals surface area contributed by atoms with Crippen LogP contribution in [0.3, 0.4) is 0 Å². The van der Waals surface area contributed by atoms with E-state index in [1.165, 1.54) is 16.5 Å². The Balaban J connectivity index is 1.75. The molecule has 3 rings (SSSR count). The lowest BCUT2D eigenvalue weighted by atomic mass is 10.3. The largest absolute Gasteiger partial charge is 0.454 e. The topological polar surface area (TPSA) is 102 Å². The lowest BCUT2D eigenvalue weighted by Gasteiger charge is -2.15. The number of nitrogens with zero attached hydrogens (tertiary/aromatic N) is 2. The van der Waals surface area contributed by atoms with E-state index in [0.717, 1.165) is 4.47 Å². The molecule has 2 aromatic heterocycles. The lowest BCUT2D eigenvalue weighted by Crippen LogP contribution is -2.42. The van der Waals surface area contributed by atoms with Crippen LogP contribution in [0, 0.1) is 0 Å². The number of ether oxygens (including phenoxy) is 1. The zero-order valence-corrected chi connectivity index (χ0v) is 13.3. The second-order valence-electron chi connectivity index (χ2n) is 4.73. The molecule has 0 aromatic carbocycles. The number of amides is 1. The summed E-state index contributed by atoms with van der Waals surface area (Å²) < 4.78 is 7.23. The standard InChI is InChI=1S/C14H11BrN4O4/c15-8-1-3-11-16-9(5-13(21)19(11)6-8)7-23-14(22)10-2-4-12(20)18-17-10/h1-3,5-6,17H,4,7H2,(H,18,20). The van der Waals surface area contributed by atoms with E-state index in [-0.39, 0.29) is 30.2 Å². The van der Waals surface area contributed by atoms with Crippen molar-refractivity contribution in [3.63, 3.8) is 0 Å². The maximum Gasteiger partial charge on any atom is 0.356 e. The van der Waals surface area contributed by atoms with Crippen LogP contribution < -0.4 is 16.4 Å². The second kappa shape index (κ2) is 6.21. The Morgan fingerprint density at radius 2 is 2.17 bits per heavy atom. The molecule has 0 unspecified atom stereocenters. The molecule has 0 radical (unpaired) electrons. The first-order chi connectivity index (χ1) is 11.0. The molecular formula is C14H11BrN4O4. The average molecular weight is 379 g/mol. The highest BCUT2D eigenvalue weighted by Gasteiger charge is 2.17. The fraction of sp³-hybridized carbons (Fsp3) is 0.143. The van der Waals surface area contributed by atoms with Gasteiger partial charge in [0.15, 0.2) is 0 Å². The molecule has 0 saturated heterocycles. The van der Waals surface area contributed by atoms with E-state index in [0.29, 0.717) is 11.3 Å².